The normalized spacial score (nSPS) is 22.8. The summed E-state index contributed by atoms with van der Waals surface area (Å²) in [5, 5.41) is 14.2. The van der Waals surface area contributed by atoms with E-state index in [-0.39, 0.29) is 32.2 Å². The van der Waals surface area contributed by atoms with Crippen molar-refractivity contribution in [2.24, 2.45) is 0 Å². The van der Waals surface area contributed by atoms with Gasteiger partial charge >= 0.3 is 0 Å². The zero-order chi connectivity index (χ0) is 11.4. The van der Waals surface area contributed by atoms with Gasteiger partial charge in [-0.3, -0.25) is 4.21 Å². The second-order valence-corrected chi connectivity index (χ2v) is 5.50. The van der Waals surface area contributed by atoms with Crippen LogP contribution in [-0.2, 0) is 31.2 Å². The van der Waals surface area contributed by atoms with E-state index in [1.54, 1.807) is 0 Å². The van der Waals surface area contributed by atoms with Crippen LogP contribution in [0.2, 0.25) is 0 Å². The van der Waals surface area contributed by atoms with Crippen molar-refractivity contribution in [3.05, 3.63) is 35.6 Å². The smallest absolute Gasteiger partial charge is 0.0555 e. The van der Waals surface area contributed by atoms with Gasteiger partial charge in [-0.25, -0.2) is 0 Å². The average Bonchev–Trinajstić information content (AvgIpc) is 2.83. The molecule has 3 atom stereocenters. The third kappa shape index (κ3) is 4.27. The molecule has 1 heterocycles. The molecule has 1 aliphatic rings. The largest absolute Gasteiger partial charge is 0.657 e. The summed E-state index contributed by atoms with van der Waals surface area (Å²) in [6.45, 7) is 0.833. The molecule has 3 nitrogen and oxygen atoms in total. The Balaban J connectivity index is 0.00000144. The van der Waals surface area contributed by atoms with E-state index in [0.29, 0.717) is 0 Å². The molecule has 0 saturated carbocycles. The van der Waals surface area contributed by atoms with E-state index < -0.39 is 16.9 Å². The number of nitrogens with zero attached hydrogens (tertiary/aromatic N) is 1. The van der Waals surface area contributed by atoms with E-state index in [0.717, 1.165) is 24.3 Å². The Hall–Kier alpha value is -0.0477. The predicted molar refractivity (Wildman–Crippen MR) is 65.0 cm³/mol. The molecule has 1 aromatic rings. The minimum absolute atomic E-state index is 0. The summed E-state index contributed by atoms with van der Waals surface area (Å²) in [7, 11) is -1.12. The Labute approximate surface area is 118 Å². The van der Waals surface area contributed by atoms with Crippen LogP contribution in [0.25, 0.3) is 5.32 Å². The standard InChI is InChI=1S/C12H16NO2S.Pd/c14-12(11-7-4-8-13-11)9-16(15)10-5-2-1-3-6-10;/h1-3,5-6,11-12,14H,4,7-9H2;/q-1;. The summed E-state index contributed by atoms with van der Waals surface area (Å²) in [5.41, 5.74) is 0. The molecule has 3 unspecified atom stereocenters. The van der Waals surface area contributed by atoms with E-state index in [9.17, 15) is 9.32 Å². The van der Waals surface area contributed by atoms with Crippen molar-refractivity contribution in [1.82, 2.24) is 0 Å². The Bertz CT molecular complexity index is 355. The van der Waals surface area contributed by atoms with Gasteiger partial charge in [0.1, 0.15) is 0 Å². The summed E-state index contributed by atoms with van der Waals surface area (Å²) in [5.74, 6) is 0.290. The van der Waals surface area contributed by atoms with Crippen molar-refractivity contribution in [1.29, 1.82) is 0 Å². The first-order valence-corrected chi connectivity index (χ1v) is 6.87. The Kier molecular flexibility index (Phi) is 6.54. The number of aliphatic hydroxyl groups excluding tert-OH is 1. The number of hydrogen-bond donors (Lipinski definition) is 1. The van der Waals surface area contributed by atoms with Gasteiger partial charge in [0, 0.05) is 31.4 Å². The molecule has 98 valence electrons. The number of benzene rings is 1. The van der Waals surface area contributed by atoms with Crippen LogP contribution in [0.15, 0.2) is 35.2 Å². The molecular weight excluding hydrogens is 329 g/mol. The molecule has 1 aliphatic heterocycles. The average molecular weight is 345 g/mol. The van der Waals surface area contributed by atoms with Gasteiger partial charge in [-0.05, 0) is 12.1 Å². The van der Waals surface area contributed by atoms with E-state index in [1.165, 1.54) is 0 Å². The molecule has 1 aromatic carbocycles. The Morgan fingerprint density at radius 1 is 1.41 bits per heavy atom. The minimum atomic E-state index is -1.12. The summed E-state index contributed by atoms with van der Waals surface area (Å²) in [4.78, 5) is 0.777. The maximum Gasteiger partial charge on any atom is 0.0555 e. The molecule has 0 amide bonds. The van der Waals surface area contributed by atoms with Crippen molar-refractivity contribution in [3.63, 3.8) is 0 Å². The fourth-order valence-electron chi connectivity index (χ4n) is 1.90. The van der Waals surface area contributed by atoms with Crippen LogP contribution in [0, 0.1) is 0 Å². The van der Waals surface area contributed by atoms with Gasteiger partial charge in [-0.1, -0.05) is 31.0 Å². The molecule has 1 saturated heterocycles. The van der Waals surface area contributed by atoms with Gasteiger partial charge in [0.05, 0.1) is 16.6 Å². The fraction of sp³-hybridized carbons (Fsp3) is 0.500. The number of rotatable bonds is 4. The second-order valence-electron chi connectivity index (χ2n) is 4.01. The second kappa shape index (κ2) is 7.40. The number of hydrogen-bond acceptors (Lipinski definition) is 2. The van der Waals surface area contributed by atoms with Gasteiger partial charge in [0.25, 0.3) is 0 Å². The van der Waals surface area contributed by atoms with E-state index >= 15 is 0 Å². The zero-order valence-corrected chi connectivity index (χ0v) is 11.8. The molecule has 1 N–H and O–H groups in total. The molecule has 0 radical (unpaired) electrons. The topological polar surface area (TPSA) is 51.4 Å². The predicted octanol–water partition coefficient (Wildman–Crippen LogP) is 1.69. The van der Waals surface area contributed by atoms with Crippen LogP contribution >= 0.6 is 0 Å². The fourth-order valence-corrected chi connectivity index (χ4v) is 3.08. The molecule has 5 heteroatoms. The third-order valence-electron chi connectivity index (χ3n) is 2.79. The van der Waals surface area contributed by atoms with Crippen LogP contribution in [0.4, 0.5) is 0 Å². The van der Waals surface area contributed by atoms with Crippen LogP contribution < -0.4 is 0 Å². The molecule has 0 spiro atoms. The van der Waals surface area contributed by atoms with Gasteiger partial charge in [-0.2, -0.15) is 0 Å². The maximum absolute atomic E-state index is 11.9. The minimum Gasteiger partial charge on any atom is -0.657 e. The SMILES string of the molecule is O=S(CC(O)C1CCC[N-]1)c1ccccc1.[Pd]. The molecular formula is C12H16NO2PdS-. The van der Waals surface area contributed by atoms with E-state index in [1.807, 2.05) is 30.3 Å². The molecule has 0 aromatic heterocycles. The van der Waals surface area contributed by atoms with Crippen molar-refractivity contribution < 1.29 is 29.7 Å². The number of aliphatic hydroxyl groups is 1. The van der Waals surface area contributed by atoms with Crippen molar-refractivity contribution in [3.8, 4) is 0 Å². The molecule has 2 rings (SSSR count). The van der Waals surface area contributed by atoms with Crippen LogP contribution in [0.3, 0.4) is 0 Å². The van der Waals surface area contributed by atoms with Crippen molar-refractivity contribution >= 4 is 10.8 Å². The van der Waals surface area contributed by atoms with Crippen LogP contribution in [0.1, 0.15) is 12.8 Å². The first-order valence-electron chi connectivity index (χ1n) is 5.55. The monoisotopic (exact) mass is 344 g/mol. The molecule has 0 aliphatic carbocycles. The third-order valence-corrected chi connectivity index (χ3v) is 4.24. The molecule has 17 heavy (non-hydrogen) atoms. The summed E-state index contributed by atoms with van der Waals surface area (Å²) in [6.07, 6.45) is 1.40. The summed E-state index contributed by atoms with van der Waals surface area (Å²) in [6, 6.07) is 9.26. The summed E-state index contributed by atoms with van der Waals surface area (Å²) < 4.78 is 11.9. The molecule has 0 bridgehead atoms. The Morgan fingerprint density at radius 3 is 2.71 bits per heavy atom. The Morgan fingerprint density at radius 2 is 2.12 bits per heavy atom. The maximum atomic E-state index is 11.9. The van der Waals surface area contributed by atoms with Crippen LogP contribution in [-0.4, -0.2) is 33.8 Å². The van der Waals surface area contributed by atoms with Gasteiger partial charge in [0.2, 0.25) is 0 Å². The van der Waals surface area contributed by atoms with Gasteiger partial charge in [-0.15, -0.1) is 12.6 Å². The first-order chi connectivity index (χ1) is 7.77. The molecule has 1 fully saturated rings. The summed E-state index contributed by atoms with van der Waals surface area (Å²) >= 11 is 0. The zero-order valence-electron chi connectivity index (χ0n) is 9.40. The van der Waals surface area contributed by atoms with Gasteiger partial charge in [0.15, 0.2) is 0 Å². The quantitative estimate of drug-likeness (QED) is 0.845. The van der Waals surface area contributed by atoms with Crippen molar-refractivity contribution in [2.75, 3.05) is 12.3 Å². The van der Waals surface area contributed by atoms with Crippen LogP contribution in [0.5, 0.6) is 0 Å². The van der Waals surface area contributed by atoms with E-state index in [4.69, 9.17) is 0 Å². The van der Waals surface area contributed by atoms with Gasteiger partial charge < -0.3 is 10.4 Å². The first kappa shape index (κ1) is 15.0. The van der Waals surface area contributed by atoms with E-state index in [2.05, 4.69) is 5.32 Å². The van der Waals surface area contributed by atoms with Crippen molar-refractivity contribution in [2.45, 2.75) is 29.9 Å².